The number of aliphatic hydroxyl groups is 1. The van der Waals surface area contributed by atoms with E-state index in [0.717, 1.165) is 12.2 Å². The molecule has 0 saturated carbocycles. The molecule has 0 fully saturated rings. The summed E-state index contributed by atoms with van der Waals surface area (Å²) in [5, 5.41) is 14.7. The van der Waals surface area contributed by atoms with Crippen LogP contribution in [0, 0.1) is 0 Å². The quantitative estimate of drug-likeness (QED) is 0.807. The van der Waals surface area contributed by atoms with E-state index in [0.29, 0.717) is 12.1 Å². The Morgan fingerprint density at radius 1 is 1.62 bits per heavy atom. The van der Waals surface area contributed by atoms with Gasteiger partial charge in [-0.05, 0) is 47.0 Å². The van der Waals surface area contributed by atoms with Gasteiger partial charge in [0.25, 0.3) is 0 Å². The molecule has 1 heterocycles. The lowest BCUT2D eigenvalue weighted by atomic mass is 10.2. The zero-order valence-corrected chi connectivity index (χ0v) is 12.8. The molecule has 0 aliphatic carbocycles. The van der Waals surface area contributed by atoms with Gasteiger partial charge in [-0.15, -0.1) is 11.3 Å². The first-order valence-corrected chi connectivity index (χ1v) is 8.34. The summed E-state index contributed by atoms with van der Waals surface area (Å²) >= 11 is 7.12. The van der Waals surface area contributed by atoms with Crippen molar-refractivity contribution in [3.63, 3.8) is 0 Å². The summed E-state index contributed by atoms with van der Waals surface area (Å²) in [6.07, 6.45) is 2.91. The summed E-state index contributed by atoms with van der Waals surface area (Å²) in [4.78, 5) is 1.32. The van der Waals surface area contributed by atoms with Gasteiger partial charge in [-0.1, -0.05) is 0 Å². The molecule has 0 aliphatic rings. The van der Waals surface area contributed by atoms with Gasteiger partial charge in [-0.25, -0.2) is 0 Å². The first kappa shape index (κ1) is 14.5. The van der Waals surface area contributed by atoms with E-state index in [4.69, 9.17) is 5.11 Å². The Labute approximate surface area is 114 Å². The molecule has 2 nitrogen and oxygen atoms in total. The van der Waals surface area contributed by atoms with E-state index in [1.54, 1.807) is 11.3 Å². The van der Waals surface area contributed by atoms with Gasteiger partial charge in [-0.3, -0.25) is 0 Å². The fourth-order valence-corrected chi connectivity index (χ4v) is 4.02. The van der Waals surface area contributed by atoms with Crippen LogP contribution in [0.2, 0.25) is 0 Å². The molecule has 0 amide bonds. The van der Waals surface area contributed by atoms with Gasteiger partial charge in [0.15, 0.2) is 0 Å². The molecule has 5 heteroatoms. The number of hydrogen-bond donors (Lipinski definition) is 2. The fourth-order valence-electron chi connectivity index (χ4n) is 1.62. The van der Waals surface area contributed by atoms with Gasteiger partial charge >= 0.3 is 0 Å². The number of thioether (sulfide) groups is 1. The fraction of sp³-hybridized carbons (Fsp3) is 0.636. The minimum absolute atomic E-state index is 0.247. The van der Waals surface area contributed by atoms with Crippen LogP contribution in [0.15, 0.2) is 15.9 Å². The average molecular weight is 324 g/mol. The second-order valence-corrected chi connectivity index (χ2v) is 6.40. The van der Waals surface area contributed by atoms with Crippen LogP contribution >= 0.6 is 39.0 Å². The molecule has 0 radical (unpaired) electrons. The highest BCUT2D eigenvalue weighted by Gasteiger charge is 2.15. The van der Waals surface area contributed by atoms with E-state index in [2.05, 4.69) is 45.9 Å². The predicted octanol–water partition coefficient (Wildman–Crippen LogP) is 3.28. The Bertz CT molecular complexity index is 300. The zero-order chi connectivity index (χ0) is 12.0. The molecule has 2 unspecified atom stereocenters. The summed E-state index contributed by atoms with van der Waals surface area (Å²) in [7, 11) is 0. The second kappa shape index (κ2) is 7.71. The average Bonchev–Trinajstić information content (AvgIpc) is 2.65. The number of nitrogens with one attached hydrogen (secondary N) is 1. The molecule has 92 valence electrons. The summed E-state index contributed by atoms with van der Waals surface area (Å²) in [6, 6.07) is 2.79. The maximum absolute atomic E-state index is 9.01. The lowest BCUT2D eigenvalue weighted by Gasteiger charge is -2.21. The molecule has 1 aromatic rings. The normalized spacial score (nSPS) is 15.0. The van der Waals surface area contributed by atoms with E-state index >= 15 is 0 Å². The second-order valence-electron chi connectivity index (χ2n) is 3.69. The molecule has 0 bridgehead atoms. The standard InChI is InChI=1S/C11H18BrNOS2/c1-8(11-10(12)4-6-16-11)13-9(3-5-14)7-15-2/h4,6,8-9,13-14H,3,5,7H2,1-2H3. The SMILES string of the molecule is CSCC(CCO)NC(C)c1sccc1Br. The molecule has 1 aromatic heterocycles. The number of hydrogen-bond acceptors (Lipinski definition) is 4. The highest BCUT2D eigenvalue weighted by molar-refractivity contribution is 9.10. The Kier molecular flexibility index (Phi) is 7.00. The van der Waals surface area contributed by atoms with Gasteiger partial charge in [0.1, 0.15) is 0 Å². The third kappa shape index (κ3) is 4.37. The maximum atomic E-state index is 9.01. The van der Waals surface area contributed by atoms with Gasteiger partial charge < -0.3 is 10.4 Å². The van der Waals surface area contributed by atoms with Crippen molar-refractivity contribution in [1.29, 1.82) is 0 Å². The van der Waals surface area contributed by atoms with Crippen LogP contribution in [-0.4, -0.2) is 29.8 Å². The molecule has 16 heavy (non-hydrogen) atoms. The lowest BCUT2D eigenvalue weighted by Crippen LogP contribution is -2.34. The van der Waals surface area contributed by atoms with Gasteiger partial charge in [0.2, 0.25) is 0 Å². The van der Waals surface area contributed by atoms with E-state index < -0.39 is 0 Å². The molecule has 0 aliphatic heterocycles. The highest BCUT2D eigenvalue weighted by atomic mass is 79.9. The van der Waals surface area contributed by atoms with Crippen molar-refractivity contribution >= 4 is 39.0 Å². The third-order valence-corrected chi connectivity index (χ3v) is 5.16. The molecule has 0 spiro atoms. The summed E-state index contributed by atoms with van der Waals surface area (Å²) in [5.41, 5.74) is 0. The van der Waals surface area contributed by atoms with Gasteiger partial charge in [0, 0.05) is 33.8 Å². The molecular formula is C11H18BrNOS2. The zero-order valence-electron chi connectivity index (χ0n) is 9.57. The van der Waals surface area contributed by atoms with E-state index in [1.165, 1.54) is 9.35 Å². The molecule has 2 atom stereocenters. The van der Waals surface area contributed by atoms with E-state index in [9.17, 15) is 0 Å². The van der Waals surface area contributed by atoms with Crippen molar-refractivity contribution in [3.8, 4) is 0 Å². The smallest absolute Gasteiger partial charge is 0.0446 e. The van der Waals surface area contributed by atoms with Crippen molar-refractivity contribution in [2.24, 2.45) is 0 Å². The van der Waals surface area contributed by atoms with E-state index in [1.807, 2.05) is 11.8 Å². The van der Waals surface area contributed by atoms with Crippen molar-refractivity contribution in [2.75, 3.05) is 18.6 Å². The van der Waals surface area contributed by atoms with Crippen LogP contribution in [0.3, 0.4) is 0 Å². The first-order valence-electron chi connectivity index (χ1n) is 5.27. The number of halogens is 1. The number of rotatable bonds is 7. The summed E-state index contributed by atoms with van der Waals surface area (Å²) in [6.45, 7) is 2.41. The Morgan fingerprint density at radius 3 is 2.88 bits per heavy atom. The number of thiophene rings is 1. The number of aliphatic hydroxyl groups excluding tert-OH is 1. The van der Waals surface area contributed by atoms with Crippen LogP contribution in [0.25, 0.3) is 0 Å². The van der Waals surface area contributed by atoms with E-state index in [-0.39, 0.29) is 6.61 Å². The molecule has 1 rings (SSSR count). The van der Waals surface area contributed by atoms with Crippen molar-refractivity contribution in [2.45, 2.75) is 25.4 Å². The highest BCUT2D eigenvalue weighted by Crippen LogP contribution is 2.29. The first-order chi connectivity index (χ1) is 7.69. The Hall–Kier alpha value is 0.450. The minimum atomic E-state index is 0.247. The van der Waals surface area contributed by atoms with Crippen molar-refractivity contribution < 1.29 is 5.11 Å². The van der Waals surface area contributed by atoms with Crippen molar-refractivity contribution in [3.05, 3.63) is 20.8 Å². The third-order valence-electron chi connectivity index (χ3n) is 2.37. The monoisotopic (exact) mass is 323 g/mol. The molecule has 0 saturated heterocycles. The molecular weight excluding hydrogens is 306 g/mol. The van der Waals surface area contributed by atoms with Crippen LogP contribution in [0.1, 0.15) is 24.3 Å². The lowest BCUT2D eigenvalue weighted by molar-refractivity contribution is 0.266. The Morgan fingerprint density at radius 2 is 2.38 bits per heavy atom. The largest absolute Gasteiger partial charge is 0.396 e. The minimum Gasteiger partial charge on any atom is -0.396 e. The van der Waals surface area contributed by atoms with Gasteiger partial charge in [-0.2, -0.15) is 11.8 Å². The van der Waals surface area contributed by atoms with Gasteiger partial charge in [0.05, 0.1) is 0 Å². The molecule has 2 N–H and O–H groups in total. The van der Waals surface area contributed by atoms with Crippen LogP contribution in [0.5, 0.6) is 0 Å². The van der Waals surface area contributed by atoms with Crippen LogP contribution in [-0.2, 0) is 0 Å². The predicted molar refractivity (Wildman–Crippen MR) is 77.4 cm³/mol. The van der Waals surface area contributed by atoms with Crippen LogP contribution < -0.4 is 5.32 Å². The van der Waals surface area contributed by atoms with Crippen molar-refractivity contribution in [1.82, 2.24) is 5.32 Å². The summed E-state index contributed by atoms with van der Waals surface area (Å²) in [5.74, 6) is 1.04. The maximum Gasteiger partial charge on any atom is 0.0446 e. The molecule has 0 aromatic carbocycles. The topological polar surface area (TPSA) is 32.3 Å². The summed E-state index contributed by atoms with van der Waals surface area (Å²) < 4.78 is 1.17. The van der Waals surface area contributed by atoms with Crippen LogP contribution in [0.4, 0.5) is 0 Å². The Balaban J connectivity index is 2.54.